The van der Waals surface area contributed by atoms with Crippen LogP contribution in [0.1, 0.15) is 11.1 Å². The molecule has 2 aromatic carbocycles. The van der Waals surface area contributed by atoms with Crippen molar-refractivity contribution < 1.29 is 9.84 Å². The highest BCUT2D eigenvalue weighted by Crippen LogP contribution is 2.33. The van der Waals surface area contributed by atoms with Crippen LogP contribution >= 0.6 is 11.6 Å². The summed E-state index contributed by atoms with van der Waals surface area (Å²) in [6.07, 6.45) is 0. The second kappa shape index (κ2) is 5.30. The first-order valence-corrected chi connectivity index (χ1v) is 5.62. The van der Waals surface area contributed by atoms with Crippen molar-refractivity contribution in [2.45, 2.75) is 0 Å². The maximum atomic E-state index is 9.64. The first-order chi connectivity index (χ1) is 9.12. The van der Waals surface area contributed by atoms with Crippen LogP contribution in [0.4, 0.5) is 0 Å². The van der Waals surface area contributed by atoms with Crippen LogP contribution in [-0.2, 0) is 0 Å². The standard InChI is InChI=1S/C14H7ClN2O2/c15-11-1-2-13(18)14(6-11)19-12-4-9(7-16)3-10(5-12)8-17/h1-6,18H. The van der Waals surface area contributed by atoms with Gasteiger partial charge in [0.05, 0.1) is 23.3 Å². The van der Waals surface area contributed by atoms with E-state index in [-0.39, 0.29) is 17.2 Å². The number of halogens is 1. The highest BCUT2D eigenvalue weighted by molar-refractivity contribution is 6.30. The molecule has 0 radical (unpaired) electrons. The fourth-order valence-electron chi connectivity index (χ4n) is 1.48. The van der Waals surface area contributed by atoms with E-state index in [0.717, 1.165) is 0 Å². The molecule has 2 rings (SSSR count). The minimum atomic E-state index is -0.0785. The lowest BCUT2D eigenvalue weighted by molar-refractivity contribution is 0.411. The van der Waals surface area contributed by atoms with Crippen LogP contribution in [0.2, 0.25) is 5.02 Å². The first kappa shape index (κ1) is 12.8. The van der Waals surface area contributed by atoms with Gasteiger partial charge in [0.15, 0.2) is 11.5 Å². The second-order valence-electron chi connectivity index (χ2n) is 3.68. The fourth-order valence-corrected chi connectivity index (χ4v) is 1.65. The molecule has 0 fully saturated rings. The van der Waals surface area contributed by atoms with E-state index in [0.29, 0.717) is 16.1 Å². The van der Waals surface area contributed by atoms with Crippen LogP contribution in [0.5, 0.6) is 17.2 Å². The number of nitrogens with zero attached hydrogens (tertiary/aromatic N) is 2. The van der Waals surface area contributed by atoms with Crippen molar-refractivity contribution in [1.82, 2.24) is 0 Å². The lowest BCUT2D eigenvalue weighted by Gasteiger charge is -2.08. The molecule has 0 aliphatic rings. The van der Waals surface area contributed by atoms with E-state index in [2.05, 4.69) is 0 Å². The molecule has 0 saturated carbocycles. The van der Waals surface area contributed by atoms with Crippen LogP contribution in [0.15, 0.2) is 36.4 Å². The Morgan fingerprint density at radius 2 is 1.63 bits per heavy atom. The number of phenols is 1. The van der Waals surface area contributed by atoms with Gasteiger partial charge in [0.25, 0.3) is 0 Å². The summed E-state index contributed by atoms with van der Waals surface area (Å²) in [7, 11) is 0. The van der Waals surface area contributed by atoms with Gasteiger partial charge < -0.3 is 9.84 Å². The van der Waals surface area contributed by atoms with Gasteiger partial charge >= 0.3 is 0 Å². The lowest BCUT2D eigenvalue weighted by Crippen LogP contribution is -1.88. The minimum Gasteiger partial charge on any atom is -0.504 e. The summed E-state index contributed by atoms with van der Waals surface area (Å²) in [6, 6.07) is 12.6. The molecule has 0 bridgehead atoms. The maximum Gasteiger partial charge on any atom is 0.170 e. The molecule has 0 unspecified atom stereocenters. The molecule has 1 N–H and O–H groups in total. The summed E-state index contributed by atoms with van der Waals surface area (Å²) in [4.78, 5) is 0. The van der Waals surface area contributed by atoms with Gasteiger partial charge in [0.2, 0.25) is 0 Å². The Balaban J connectivity index is 2.41. The van der Waals surface area contributed by atoms with Crippen LogP contribution in [0, 0.1) is 22.7 Å². The molecule has 4 nitrogen and oxygen atoms in total. The Bertz CT molecular complexity index is 682. The highest BCUT2D eigenvalue weighted by atomic mass is 35.5. The fraction of sp³-hybridized carbons (Fsp3) is 0. The largest absolute Gasteiger partial charge is 0.504 e. The zero-order valence-electron chi connectivity index (χ0n) is 9.59. The van der Waals surface area contributed by atoms with Crippen molar-refractivity contribution in [3.05, 3.63) is 52.5 Å². The van der Waals surface area contributed by atoms with E-state index in [1.165, 1.54) is 36.4 Å². The number of nitriles is 2. The topological polar surface area (TPSA) is 77.0 Å². The second-order valence-corrected chi connectivity index (χ2v) is 4.12. The van der Waals surface area contributed by atoms with Gasteiger partial charge in [0, 0.05) is 11.1 Å². The molecule has 19 heavy (non-hydrogen) atoms. The Morgan fingerprint density at radius 3 is 2.21 bits per heavy atom. The van der Waals surface area contributed by atoms with E-state index in [1.54, 1.807) is 0 Å². The van der Waals surface area contributed by atoms with Crippen molar-refractivity contribution >= 4 is 11.6 Å². The summed E-state index contributed by atoms with van der Waals surface area (Å²) < 4.78 is 5.44. The van der Waals surface area contributed by atoms with E-state index in [1.807, 2.05) is 12.1 Å². The van der Waals surface area contributed by atoms with Crippen molar-refractivity contribution in [3.63, 3.8) is 0 Å². The highest BCUT2D eigenvalue weighted by Gasteiger charge is 2.07. The van der Waals surface area contributed by atoms with Gasteiger partial charge in [-0.15, -0.1) is 0 Å². The lowest BCUT2D eigenvalue weighted by atomic mass is 10.1. The number of phenolic OH excluding ortho intramolecular Hbond substituents is 1. The average Bonchev–Trinajstić information content (AvgIpc) is 2.42. The first-order valence-electron chi connectivity index (χ1n) is 5.24. The molecule has 0 spiro atoms. The summed E-state index contributed by atoms with van der Waals surface area (Å²) in [5, 5.41) is 27.8. The number of hydrogen-bond acceptors (Lipinski definition) is 4. The third-order valence-corrected chi connectivity index (χ3v) is 2.55. The summed E-state index contributed by atoms with van der Waals surface area (Å²) >= 11 is 5.80. The maximum absolute atomic E-state index is 9.64. The molecule has 0 heterocycles. The number of hydrogen-bond donors (Lipinski definition) is 1. The molecular weight excluding hydrogens is 264 g/mol. The molecule has 0 saturated heterocycles. The zero-order chi connectivity index (χ0) is 13.8. The molecule has 92 valence electrons. The zero-order valence-corrected chi connectivity index (χ0v) is 10.3. The van der Waals surface area contributed by atoms with E-state index < -0.39 is 0 Å². The van der Waals surface area contributed by atoms with Crippen molar-refractivity contribution in [3.8, 4) is 29.4 Å². The molecule has 0 aliphatic heterocycles. The van der Waals surface area contributed by atoms with Crippen molar-refractivity contribution in [2.75, 3.05) is 0 Å². The van der Waals surface area contributed by atoms with Crippen molar-refractivity contribution in [1.29, 1.82) is 10.5 Å². The summed E-state index contributed by atoms with van der Waals surface area (Å²) in [5.41, 5.74) is 0.603. The van der Waals surface area contributed by atoms with E-state index >= 15 is 0 Å². The van der Waals surface area contributed by atoms with E-state index in [9.17, 15) is 5.11 Å². The molecule has 5 heteroatoms. The van der Waals surface area contributed by atoms with Crippen LogP contribution < -0.4 is 4.74 Å². The summed E-state index contributed by atoms with van der Waals surface area (Å²) in [5.74, 6) is 0.366. The van der Waals surface area contributed by atoms with Gasteiger partial charge in [0.1, 0.15) is 5.75 Å². The molecule has 2 aromatic rings. The van der Waals surface area contributed by atoms with Gasteiger partial charge in [-0.2, -0.15) is 10.5 Å². The van der Waals surface area contributed by atoms with Crippen LogP contribution in [-0.4, -0.2) is 5.11 Å². The predicted octanol–water partition coefficient (Wildman–Crippen LogP) is 3.58. The van der Waals surface area contributed by atoms with Gasteiger partial charge in [-0.05, 0) is 30.3 Å². The van der Waals surface area contributed by atoms with Crippen molar-refractivity contribution in [2.24, 2.45) is 0 Å². The summed E-state index contributed by atoms with van der Waals surface area (Å²) in [6.45, 7) is 0. The van der Waals surface area contributed by atoms with Gasteiger partial charge in [-0.25, -0.2) is 0 Å². The molecule has 0 aliphatic carbocycles. The normalized spacial score (nSPS) is 9.42. The Morgan fingerprint density at radius 1 is 1.00 bits per heavy atom. The third-order valence-electron chi connectivity index (χ3n) is 2.31. The SMILES string of the molecule is N#Cc1cc(C#N)cc(Oc2cc(Cl)ccc2O)c1. The van der Waals surface area contributed by atoms with E-state index in [4.69, 9.17) is 26.9 Å². The monoisotopic (exact) mass is 270 g/mol. The van der Waals surface area contributed by atoms with Crippen LogP contribution in [0.3, 0.4) is 0 Å². The Hall–Kier alpha value is -2.69. The molecule has 0 atom stereocenters. The molecule has 0 aromatic heterocycles. The number of aromatic hydroxyl groups is 1. The van der Waals surface area contributed by atoms with Crippen LogP contribution in [0.25, 0.3) is 0 Å². The smallest absolute Gasteiger partial charge is 0.170 e. The third kappa shape index (κ3) is 2.95. The van der Waals surface area contributed by atoms with Gasteiger partial charge in [-0.3, -0.25) is 0 Å². The minimum absolute atomic E-state index is 0.0785. The predicted molar refractivity (Wildman–Crippen MR) is 69.1 cm³/mol. The van der Waals surface area contributed by atoms with Gasteiger partial charge in [-0.1, -0.05) is 11.6 Å². The number of rotatable bonds is 2. The quantitative estimate of drug-likeness (QED) is 0.905. The molecular formula is C14H7ClN2O2. The number of benzene rings is 2. The number of ether oxygens (including phenoxy) is 1. The molecule has 0 amide bonds. The Labute approximate surface area is 114 Å². The Kier molecular flexibility index (Phi) is 3.56. The average molecular weight is 271 g/mol.